The fraction of sp³-hybridized carbons (Fsp3) is 0.644. The summed E-state index contributed by atoms with van der Waals surface area (Å²) in [5, 5.41) is 0. The van der Waals surface area contributed by atoms with Gasteiger partial charge in [-0.25, -0.2) is 0 Å². The van der Waals surface area contributed by atoms with Crippen molar-refractivity contribution in [2.45, 2.75) is 232 Å². The molecule has 0 aliphatic heterocycles. The van der Waals surface area contributed by atoms with E-state index in [1.807, 2.05) is 0 Å². The molecule has 0 saturated heterocycles. The predicted molar refractivity (Wildman–Crippen MR) is 279 cm³/mol. The molecule has 0 aliphatic carbocycles. The molecule has 0 fully saturated rings. The van der Waals surface area contributed by atoms with Crippen LogP contribution in [0.2, 0.25) is 0 Å². The molecule has 0 N–H and O–H groups in total. The van der Waals surface area contributed by atoms with Crippen molar-refractivity contribution in [2.24, 2.45) is 0 Å². The summed E-state index contributed by atoms with van der Waals surface area (Å²) in [4.78, 5) is 38.0. The molecular formula is C59H96O6. The van der Waals surface area contributed by atoms with Crippen LogP contribution in [-0.4, -0.2) is 37.2 Å². The van der Waals surface area contributed by atoms with Crippen molar-refractivity contribution in [1.82, 2.24) is 0 Å². The van der Waals surface area contributed by atoms with Crippen LogP contribution in [0.3, 0.4) is 0 Å². The molecule has 0 aromatic rings. The molecule has 368 valence electrons. The van der Waals surface area contributed by atoms with Gasteiger partial charge in [-0.3, -0.25) is 14.4 Å². The molecule has 0 radical (unpaired) electrons. The van der Waals surface area contributed by atoms with E-state index in [4.69, 9.17) is 14.2 Å². The minimum absolute atomic E-state index is 0.115. The molecule has 0 saturated carbocycles. The van der Waals surface area contributed by atoms with Crippen LogP contribution in [0.15, 0.2) is 109 Å². The van der Waals surface area contributed by atoms with E-state index < -0.39 is 6.10 Å². The van der Waals surface area contributed by atoms with Gasteiger partial charge in [-0.15, -0.1) is 0 Å². The fourth-order valence-corrected chi connectivity index (χ4v) is 6.69. The topological polar surface area (TPSA) is 78.9 Å². The van der Waals surface area contributed by atoms with Crippen LogP contribution in [0.25, 0.3) is 0 Å². The van der Waals surface area contributed by atoms with Gasteiger partial charge < -0.3 is 14.2 Å². The van der Waals surface area contributed by atoms with E-state index in [1.54, 1.807) is 0 Å². The highest BCUT2D eigenvalue weighted by atomic mass is 16.6. The highest BCUT2D eigenvalue weighted by molar-refractivity contribution is 5.71. The van der Waals surface area contributed by atoms with Crippen LogP contribution in [0, 0.1) is 0 Å². The molecule has 6 nitrogen and oxygen atoms in total. The first-order valence-electron chi connectivity index (χ1n) is 26.4. The lowest BCUT2D eigenvalue weighted by molar-refractivity contribution is -0.167. The summed E-state index contributed by atoms with van der Waals surface area (Å²) in [5.74, 6) is -1.02. The Labute approximate surface area is 400 Å². The average Bonchev–Trinajstić information content (AvgIpc) is 3.30. The van der Waals surface area contributed by atoms with E-state index in [0.29, 0.717) is 19.3 Å². The van der Waals surface area contributed by atoms with E-state index in [0.717, 1.165) is 96.3 Å². The lowest BCUT2D eigenvalue weighted by Gasteiger charge is -2.18. The molecule has 0 heterocycles. The van der Waals surface area contributed by atoms with Gasteiger partial charge >= 0.3 is 17.9 Å². The molecule has 1 atom stereocenters. The maximum Gasteiger partial charge on any atom is 0.306 e. The third kappa shape index (κ3) is 50.9. The van der Waals surface area contributed by atoms with E-state index in [-0.39, 0.29) is 44.0 Å². The number of hydrogen-bond acceptors (Lipinski definition) is 6. The molecular weight excluding hydrogens is 805 g/mol. The van der Waals surface area contributed by atoms with Crippen LogP contribution in [0.4, 0.5) is 0 Å². The number of allylic oxidation sites excluding steroid dienone is 18. The minimum Gasteiger partial charge on any atom is -0.462 e. The van der Waals surface area contributed by atoms with Crippen molar-refractivity contribution in [3.8, 4) is 0 Å². The molecule has 0 rings (SSSR count). The van der Waals surface area contributed by atoms with Gasteiger partial charge in [0.05, 0.1) is 0 Å². The van der Waals surface area contributed by atoms with E-state index in [2.05, 4.69) is 130 Å². The summed E-state index contributed by atoms with van der Waals surface area (Å²) >= 11 is 0. The minimum atomic E-state index is -0.821. The third-order valence-corrected chi connectivity index (χ3v) is 10.7. The third-order valence-electron chi connectivity index (χ3n) is 10.7. The highest BCUT2D eigenvalue weighted by Gasteiger charge is 2.19. The van der Waals surface area contributed by atoms with Crippen molar-refractivity contribution in [1.29, 1.82) is 0 Å². The normalized spacial score (nSPS) is 13.0. The second-order valence-electron chi connectivity index (χ2n) is 17.1. The number of ether oxygens (including phenoxy) is 3. The maximum atomic E-state index is 12.8. The zero-order valence-electron chi connectivity index (χ0n) is 42.0. The van der Waals surface area contributed by atoms with Gasteiger partial charge in [0.2, 0.25) is 0 Å². The van der Waals surface area contributed by atoms with Gasteiger partial charge in [0.1, 0.15) is 13.2 Å². The molecule has 65 heavy (non-hydrogen) atoms. The fourth-order valence-electron chi connectivity index (χ4n) is 6.69. The highest BCUT2D eigenvalue weighted by Crippen LogP contribution is 2.12. The first-order valence-corrected chi connectivity index (χ1v) is 26.4. The zero-order chi connectivity index (χ0) is 47.2. The summed E-state index contributed by atoms with van der Waals surface area (Å²) in [5.41, 5.74) is 0. The first kappa shape index (κ1) is 61.1. The predicted octanol–water partition coefficient (Wildman–Crippen LogP) is 17.5. The smallest absolute Gasteiger partial charge is 0.306 e. The van der Waals surface area contributed by atoms with Gasteiger partial charge in [-0.1, -0.05) is 194 Å². The summed E-state index contributed by atoms with van der Waals surface area (Å²) in [6.45, 7) is 6.45. The molecule has 0 aliphatic rings. The monoisotopic (exact) mass is 901 g/mol. The summed E-state index contributed by atoms with van der Waals surface area (Å²) in [7, 11) is 0. The van der Waals surface area contributed by atoms with Crippen molar-refractivity contribution in [3.05, 3.63) is 109 Å². The Morgan fingerprint density at radius 3 is 1.00 bits per heavy atom. The number of carbonyl (C=O) groups is 3. The van der Waals surface area contributed by atoms with Crippen molar-refractivity contribution in [2.75, 3.05) is 13.2 Å². The Hall–Kier alpha value is -3.93. The average molecular weight is 901 g/mol. The second kappa shape index (κ2) is 52.7. The van der Waals surface area contributed by atoms with Gasteiger partial charge in [-0.2, -0.15) is 0 Å². The number of esters is 3. The van der Waals surface area contributed by atoms with Crippen LogP contribution in [-0.2, 0) is 28.6 Å². The molecule has 6 heteroatoms. The van der Waals surface area contributed by atoms with E-state index >= 15 is 0 Å². The Kier molecular flexibility index (Phi) is 49.5. The van der Waals surface area contributed by atoms with E-state index in [1.165, 1.54) is 77.0 Å². The molecule has 0 aromatic carbocycles. The number of hydrogen-bond donors (Lipinski definition) is 0. The summed E-state index contributed by atoms with van der Waals surface area (Å²) in [6, 6.07) is 0. The van der Waals surface area contributed by atoms with Gasteiger partial charge in [0.25, 0.3) is 0 Å². The maximum absolute atomic E-state index is 12.8. The lowest BCUT2D eigenvalue weighted by atomic mass is 10.1. The van der Waals surface area contributed by atoms with Crippen LogP contribution >= 0.6 is 0 Å². The van der Waals surface area contributed by atoms with Crippen LogP contribution in [0.5, 0.6) is 0 Å². The van der Waals surface area contributed by atoms with Crippen LogP contribution in [0.1, 0.15) is 226 Å². The number of rotatable bonds is 46. The standard InChI is InChI=1S/C59H96O6/c1-4-7-10-13-16-19-22-24-26-28-29-31-33-35-38-41-44-47-50-53-59(62)65-56(54-63-57(60)51-48-45-42-39-36-21-18-15-12-9-6-3)55-64-58(61)52-49-46-43-40-37-34-32-30-27-25-23-20-17-14-11-8-5-2/h15-20,24-27,29,31-32,34-35,38,40,43,56H,4-14,21-23,28,30,33,36-37,39,41-42,44-55H2,1-3H3/b18-15-,19-16-,20-17-,26-24-,27-25-,31-29-,34-32-,38-35-,43-40-/t56-/m0/s1. The Morgan fingerprint density at radius 1 is 0.308 bits per heavy atom. The molecule has 0 aromatic heterocycles. The SMILES string of the molecule is CCCC/C=C\CCCCCCCC(=O)OC[C@@H](COC(=O)CCC/C=C\C/C=C\C/C=C\C/C=C\CCCCC)OC(=O)CCCCC/C=C\C/C=C\C/C=C\C/C=C\CCCCC. The van der Waals surface area contributed by atoms with Crippen molar-refractivity contribution < 1.29 is 28.6 Å². The quantitative estimate of drug-likeness (QED) is 0.0262. The van der Waals surface area contributed by atoms with Gasteiger partial charge in [0.15, 0.2) is 6.10 Å². The van der Waals surface area contributed by atoms with Gasteiger partial charge in [-0.05, 0) is 122 Å². The van der Waals surface area contributed by atoms with Crippen LogP contribution < -0.4 is 0 Å². The summed E-state index contributed by atoms with van der Waals surface area (Å²) in [6.07, 6.45) is 70.7. The number of unbranched alkanes of at least 4 members (excludes halogenated alkanes) is 17. The van der Waals surface area contributed by atoms with Crippen molar-refractivity contribution in [3.63, 3.8) is 0 Å². The Balaban J connectivity index is 4.54. The van der Waals surface area contributed by atoms with Gasteiger partial charge in [0, 0.05) is 19.3 Å². The number of carbonyl (C=O) groups excluding carboxylic acids is 3. The molecule has 0 spiro atoms. The molecule has 0 unspecified atom stereocenters. The Bertz CT molecular complexity index is 1360. The van der Waals surface area contributed by atoms with Crippen molar-refractivity contribution >= 4 is 17.9 Å². The Morgan fingerprint density at radius 2 is 0.585 bits per heavy atom. The van der Waals surface area contributed by atoms with E-state index in [9.17, 15) is 14.4 Å². The second-order valence-corrected chi connectivity index (χ2v) is 17.1. The molecule has 0 amide bonds. The largest absolute Gasteiger partial charge is 0.462 e. The lowest BCUT2D eigenvalue weighted by Crippen LogP contribution is -2.30. The summed E-state index contributed by atoms with van der Waals surface area (Å²) < 4.78 is 16.7. The zero-order valence-corrected chi connectivity index (χ0v) is 42.0. The molecule has 0 bridgehead atoms. The first-order chi connectivity index (χ1) is 32.0.